The van der Waals surface area contributed by atoms with Gasteiger partial charge in [0.15, 0.2) is 19.8 Å². The number of nitrogens with zero attached hydrogens (tertiary/aromatic N) is 4. The molecule has 0 spiro atoms. The van der Waals surface area contributed by atoms with Crippen LogP contribution in [0.15, 0.2) is 95.2 Å². The number of benzene rings is 4. The molecule has 4 aliphatic heterocycles. The van der Waals surface area contributed by atoms with Gasteiger partial charge in [-0.2, -0.15) is 0 Å². The standard InChI is InChI=1S/C48H51N5O8Si/c1-30-20-39-41(49-26-36-22-34(29-52(36)47(39)55)32-11-15-38(58-2)16-12-32)24-43(30)60-17-7-18-61-45-25-42-40(23-44(45)59-3)48(56)53-28-33(21-37(53)27-50-42)31-9-13-35(14-10-31)51-46(54)8-6-19-62(4,5)57/h9-16,20,23-29,36-37,57H,6-8,17-19,21-22H2,1-5H3,(H,51,54)/t36-,37-/m0/s1. The van der Waals surface area contributed by atoms with Crippen molar-refractivity contribution in [3.8, 4) is 23.0 Å². The van der Waals surface area contributed by atoms with Gasteiger partial charge in [-0.15, -0.1) is 0 Å². The fourth-order valence-corrected chi connectivity index (χ4v) is 9.10. The number of methoxy groups -OCH3 is 2. The average Bonchev–Trinajstić information content (AvgIpc) is 3.84. The number of fused-ring (bicyclic) bond motifs is 4. The Hall–Kier alpha value is -6.51. The van der Waals surface area contributed by atoms with E-state index in [1.54, 1.807) is 35.3 Å². The molecule has 14 heteroatoms. The van der Waals surface area contributed by atoms with Crippen molar-refractivity contribution in [3.63, 3.8) is 0 Å². The maximum absolute atomic E-state index is 13.9. The summed E-state index contributed by atoms with van der Waals surface area (Å²) in [5.41, 5.74) is 7.60. The summed E-state index contributed by atoms with van der Waals surface area (Å²) in [5, 5.41) is 2.93. The Kier molecular flexibility index (Phi) is 12.1. The van der Waals surface area contributed by atoms with E-state index in [-0.39, 0.29) is 29.8 Å². The molecule has 0 fully saturated rings. The van der Waals surface area contributed by atoms with Gasteiger partial charge >= 0.3 is 0 Å². The lowest BCUT2D eigenvalue weighted by molar-refractivity contribution is -0.116. The van der Waals surface area contributed by atoms with E-state index in [4.69, 9.17) is 28.9 Å². The number of aryl methyl sites for hydroxylation is 1. The Labute approximate surface area is 362 Å². The molecule has 13 nitrogen and oxygen atoms in total. The van der Waals surface area contributed by atoms with E-state index in [2.05, 4.69) is 5.32 Å². The summed E-state index contributed by atoms with van der Waals surface area (Å²) in [6, 6.07) is 22.8. The summed E-state index contributed by atoms with van der Waals surface area (Å²) in [4.78, 5) is 63.0. The maximum atomic E-state index is 13.9. The number of ether oxygens (including phenoxy) is 4. The highest BCUT2D eigenvalue weighted by Crippen LogP contribution is 2.41. The summed E-state index contributed by atoms with van der Waals surface area (Å²) in [6.07, 6.45) is 10.3. The molecule has 320 valence electrons. The van der Waals surface area contributed by atoms with E-state index in [1.165, 1.54) is 7.11 Å². The predicted octanol–water partition coefficient (Wildman–Crippen LogP) is 8.72. The molecule has 0 aliphatic carbocycles. The van der Waals surface area contributed by atoms with Gasteiger partial charge in [0.05, 0.1) is 62.0 Å². The van der Waals surface area contributed by atoms with Crippen molar-refractivity contribution in [2.24, 2.45) is 9.98 Å². The molecule has 3 amide bonds. The van der Waals surface area contributed by atoms with Crippen LogP contribution in [0, 0.1) is 6.92 Å². The second-order valence-corrected chi connectivity index (χ2v) is 20.7. The Morgan fingerprint density at radius 2 is 1.29 bits per heavy atom. The van der Waals surface area contributed by atoms with Gasteiger partial charge in [0.1, 0.15) is 11.5 Å². The lowest BCUT2D eigenvalue weighted by atomic mass is 10.0. The highest BCUT2D eigenvalue weighted by molar-refractivity contribution is 6.69. The molecular weight excluding hydrogens is 803 g/mol. The minimum absolute atomic E-state index is 0.0780. The summed E-state index contributed by atoms with van der Waals surface area (Å²) >= 11 is 0. The first-order valence-corrected chi connectivity index (χ1v) is 24.1. The molecule has 4 aliphatic rings. The number of carbonyl (C=O) groups excluding carboxylic acids is 3. The van der Waals surface area contributed by atoms with Gasteiger partial charge in [0.2, 0.25) is 5.91 Å². The van der Waals surface area contributed by atoms with Crippen LogP contribution in [0.2, 0.25) is 19.1 Å². The highest BCUT2D eigenvalue weighted by Gasteiger charge is 2.35. The van der Waals surface area contributed by atoms with E-state index in [0.29, 0.717) is 96.8 Å². The van der Waals surface area contributed by atoms with E-state index in [1.807, 2.05) is 99.3 Å². The van der Waals surface area contributed by atoms with Crippen molar-refractivity contribution in [1.82, 2.24) is 9.80 Å². The quantitative estimate of drug-likeness (QED) is 0.0891. The zero-order valence-electron chi connectivity index (χ0n) is 35.6. The number of carbonyl (C=O) groups is 3. The molecule has 0 radical (unpaired) electrons. The van der Waals surface area contributed by atoms with E-state index in [0.717, 1.165) is 33.6 Å². The zero-order chi connectivity index (χ0) is 43.5. The van der Waals surface area contributed by atoms with Crippen molar-refractivity contribution >= 4 is 66.7 Å². The zero-order valence-corrected chi connectivity index (χ0v) is 36.6. The SMILES string of the molecule is COc1ccc(C2=CN3C(=O)c4cc(C)c(OCCCOc5cc6c(cc5OC)C(=O)N5C=C(c7ccc(NC(=O)CCC[Si](C)(C)O)cc7)C[C@H]5C=N6)cc4N=C[C@@H]3C2)cc1. The molecule has 0 saturated carbocycles. The number of nitrogens with one attached hydrogen (secondary N) is 1. The number of aliphatic imine (C=N–C) groups is 2. The third-order valence-corrected chi connectivity index (χ3v) is 13.0. The monoisotopic (exact) mass is 853 g/mol. The Morgan fingerprint density at radius 1 is 0.742 bits per heavy atom. The fraction of sp³-hybridized carbons (Fsp3) is 0.312. The molecule has 8 rings (SSSR count). The normalized spacial score (nSPS) is 17.6. The Morgan fingerprint density at radius 3 is 1.85 bits per heavy atom. The third kappa shape index (κ3) is 9.21. The molecule has 62 heavy (non-hydrogen) atoms. The third-order valence-electron chi connectivity index (χ3n) is 11.4. The van der Waals surface area contributed by atoms with Gasteiger partial charge in [0.25, 0.3) is 11.8 Å². The topological polar surface area (TPSA) is 152 Å². The minimum Gasteiger partial charge on any atom is -0.497 e. The Bertz CT molecular complexity index is 2510. The van der Waals surface area contributed by atoms with Crippen LogP contribution in [0.1, 0.15) is 69.5 Å². The minimum atomic E-state index is -2.17. The van der Waals surface area contributed by atoms with Crippen molar-refractivity contribution < 1.29 is 38.1 Å². The van der Waals surface area contributed by atoms with Gasteiger partial charge in [-0.3, -0.25) is 24.4 Å². The van der Waals surface area contributed by atoms with Crippen molar-refractivity contribution in [2.45, 2.75) is 70.2 Å². The molecule has 4 aromatic rings. The lowest BCUT2D eigenvalue weighted by Gasteiger charge is -2.19. The first kappa shape index (κ1) is 42.2. The van der Waals surface area contributed by atoms with Crippen LogP contribution in [0.4, 0.5) is 17.1 Å². The van der Waals surface area contributed by atoms with Crippen molar-refractivity contribution in [3.05, 3.63) is 113 Å². The molecule has 0 aromatic heterocycles. The second kappa shape index (κ2) is 17.8. The van der Waals surface area contributed by atoms with Crippen LogP contribution in [-0.2, 0) is 4.79 Å². The van der Waals surface area contributed by atoms with E-state index in [9.17, 15) is 19.2 Å². The fourth-order valence-electron chi connectivity index (χ4n) is 8.05. The molecule has 0 unspecified atom stereocenters. The van der Waals surface area contributed by atoms with Gasteiger partial charge in [-0.25, -0.2) is 0 Å². The smallest absolute Gasteiger partial charge is 0.260 e. The number of amides is 3. The Balaban J connectivity index is 0.855. The van der Waals surface area contributed by atoms with Gasteiger partial charge < -0.3 is 38.9 Å². The van der Waals surface area contributed by atoms with E-state index < -0.39 is 8.32 Å². The predicted molar refractivity (Wildman–Crippen MR) is 243 cm³/mol. The summed E-state index contributed by atoms with van der Waals surface area (Å²) in [6.45, 7) is 6.35. The first-order valence-electron chi connectivity index (χ1n) is 20.9. The largest absolute Gasteiger partial charge is 0.497 e. The molecular formula is C48H51N5O8Si. The van der Waals surface area contributed by atoms with Crippen molar-refractivity contribution in [1.29, 1.82) is 0 Å². The molecule has 4 aromatic carbocycles. The average molecular weight is 854 g/mol. The number of anilines is 1. The summed E-state index contributed by atoms with van der Waals surface area (Å²) in [5.74, 6) is 1.96. The van der Waals surface area contributed by atoms with Crippen LogP contribution >= 0.6 is 0 Å². The molecule has 0 saturated heterocycles. The highest BCUT2D eigenvalue weighted by atomic mass is 28.4. The van der Waals surface area contributed by atoms with Crippen LogP contribution in [0.3, 0.4) is 0 Å². The van der Waals surface area contributed by atoms with Gasteiger partial charge in [-0.1, -0.05) is 24.3 Å². The van der Waals surface area contributed by atoms with Gasteiger partial charge in [0, 0.05) is 68.3 Å². The number of hydrogen-bond donors (Lipinski definition) is 2. The molecule has 2 atom stereocenters. The number of hydrogen-bond acceptors (Lipinski definition) is 10. The number of rotatable bonds is 15. The van der Waals surface area contributed by atoms with Crippen LogP contribution in [0.5, 0.6) is 23.0 Å². The first-order chi connectivity index (χ1) is 29.9. The molecule has 0 bridgehead atoms. The van der Waals surface area contributed by atoms with E-state index >= 15 is 0 Å². The molecule has 4 heterocycles. The summed E-state index contributed by atoms with van der Waals surface area (Å²) < 4.78 is 23.3. The lowest BCUT2D eigenvalue weighted by Crippen LogP contribution is -2.32. The van der Waals surface area contributed by atoms with Crippen LogP contribution in [0.25, 0.3) is 11.1 Å². The molecule has 2 N–H and O–H groups in total. The maximum Gasteiger partial charge on any atom is 0.260 e. The second-order valence-electron chi connectivity index (χ2n) is 16.6. The van der Waals surface area contributed by atoms with Crippen molar-refractivity contribution in [2.75, 3.05) is 32.8 Å². The van der Waals surface area contributed by atoms with Crippen LogP contribution in [-0.4, -0.2) is 92.6 Å². The van der Waals surface area contributed by atoms with Gasteiger partial charge in [-0.05, 0) is 96.7 Å². The van der Waals surface area contributed by atoms with Crippen LogP contribution < -0.4 is 24.3 Å². The summed E-state index contributed by atoms with van der Waals surface area (Å²) in [7, 11) is 1.01.